The Hall–Kier alpha value is -0.0500. The fourth-order valence-electron chi connectivity index (χ4n) is 2.01. The molecule has 1 aromatic carbocycles. The molecule has 0 radical (unpaired) electrons. The van der Waals surface area contributed by atoms with E-state index in [2.05, 4.69) is 34.2 Å². The molecule has 0 aliphatic heterocycles. The van der Waals surface area contributed by atoms with E-state index in [1.54, 1.807) is 0 Å². The normalized spacial score (nSPS) is 12.7. The van der Waals surface area contributed by atoms with Gasteiger partial charge in [-0.15, -0.1) is 0 Å². The molecule has 0 heterocycles. The van der Waals surface area contributed by atoms with Crippen molar-refractivity contribution in [2.24, 2.45) is 0 Å². The Morgan fingerprint density at radius 3 is 2.65 bits per heavy atom. The largest absolute Gasteiger partial charge is 0.313 e. The predicted molar refractivity (Wildman–Crippen MR) is 79.7 cm³/mol. The van der Waals surface area contributed by atoms with E-state index in [0.29, 0.717) is 6.04 Å². The van der Waals surface area contributed by atoms with Gasteiger partial charge in [0.25, 0.3) is 0 Å². The second kappa shape index (κ2) is 8.12. The van der Waals surface area contributed by atoms with E-state index in [9.17, 15) is 0 Å². The van der Waals surface area contributed by atoms with Gasteiger partial charge >= 0.3 is 0 Å². The molecular formula is C14H21BrClN. The van der Waals surface area contributed by atoms with Crippen LogP contribution in [0.15, 0.2) is 22.7 Å². The number of unbranched alkanes of at least 4 members (excludes halogenated alkanes) is 3. The summed E-state index contributed by atoms with van der Waals surface area (Å²) in [4.78, 5) is 0. The fraction of sp³-hybridized carbons (Fsp3) is 0.571. The maximum absolute atomic E-state index is 5.96. The second-order valence-corrected chi connectivity index (χ2v) is 5.65. The Bertz CT molecular complexity index is 341. The number of benzene rings is 1. The van der Waals surface area contributed by atoms with E-state index in [-0.39, 0.29) is 0 Å². The number of halogens is 2. The minimum atomic E-state index is 0.415. The van der Waals surface area contributed by atoms with Gasteiger partial charge in [0.1, 0.15) is 0 Å². The van der Waals surface area contributed by atoms with E-state index < -0.39 is 0 Å². The van der Waals surface area contributed by atoms with Gasteiger partial charge in [0, 0.05) is 15.5 Å². The van der Waals surface area contributed by atoms with Crippen LogP contribution in [0.2, 0.25) is 5.02 Å². The summed E-state index contributed by atoms with van der Waals surface area (Å²) in [7, 11) is 2.02. The van der Waals surface area contributed by atoms with E-state index in [0.717, 1.165) is 9.50 Å². The Labute approximate surface area is 118 Å². The van der Waals surface area contributed by atoms with Gasteiger partial charge in [-0.1, -0.05) is 66.2 Å². The molecule has 1 rings (SSSR count). The third-order valence-corrected chi connectivity index (χ3v) is 3.95. The molecule has 0 saturated carbocycles. The highest BCUT2D eigenvalue weighted by molar-refractivity contribution is 9.10. The van der Waals surface area contributed by atoms with Gasteiger partial charge in [-0.25, -0.2) is 0 Å². The molecule has 1 N–H and O–H groups in total. The van der Waals surface area contributed by atoms with Crippen molar-refractivity contribution in [2.75, 3.05) is 7.05 Å². The standard InChI is InChI=1S/C14H21BrClN/c1-3-4-5-6-7-14(17-2)12-9-8-11(16)10-13(12)15/h8-10,14,17H,3-7H2,1-2H3. The van der Waals surface area contributed by atoms with E-state index >= 15 is 0 Å². The average molecular weight is 319 g/mol. The smallest absolute Gasteiger partial charge is 0.0417 e. The predicted octanol–water partition coefficient (Wildman–Crippen LogP) is 5.33. The second-order valence-electron chi connectivity index (χ2n) is 4.36. The molecule has 0 fully saturated rings. The van der Waals surface area contributed by atoms with Crippen LogP contribution in [-0.4, -0.2) is 7.05 Å². The van der Waals surface area contributed by atoms with Crippen molar-refractivity contribution in [2.45, 2.75) is 45.1 Å². The zero-order valence-corrected chi connectivity index (χ0v) is 12.9. The molecule has 3 heteroatoms. The molecule has 1 aromatic rings. The summed E-state index contributed by atoms with van der Waals surface area (Å²) in [6.45, 7) is 2.24. The molecule has 1 unspecified atom stereocenters. The van der Waals surface area contributed by atoms with Crippen LogP contribution in [0.3, 0.4) is 0 Å². The third-order valence-electron chi connectivity index (χ3n) is 3.03. The van der Waals surface area contributed by atoms with Gasteiger partial charge in [0.2, 0.25) is 0 Å². The molecule has 0 aromatic heterocycles. The number of hydrogen-bond acceptors (Lipinski definition) is 1. The zero-order valence-electron chi connectivity index (χ0n) is 10.6. The van der Waals surface area contributed by atoms with Crippen LogP contribution in [0, 0.1) is 0 Å². The monoisotopic (exact) mass is 317 g/mol. The Balaban J connectivity index is 2.59. The molecule has 0 spiro atoms. The van der Waals surface area contributed by atoms with Crippen molar-refractivity contribution in [3.05, 3.63) is 33.3 Å². The van der Waals surface area contributed by atoms with Crippen molar-refractivity contribution in [1.29, 1.82) is 0 Å². The summed E-state index contributed by atoms with van der Waals surface area (Å²) in [5.41, 5.74) is 1.30. The summed E-state index contributed by atoms with van der Waals surface area (Å²) in [5, 5.41) is 4.16. The highest BCUT2D eigenvalue weighted by Crippen LogP contribution is 2.29. The Morgan fingerprint density at radius 2 is 2.06 bits per heavy atom. The van der Waals surface area contributed by atoms with Gasteiger partial charge in [0.15, 0.2) is 0 Å². The summed E-state index contributed by atoms with van der Waals surface area (Å²) in [5.74, 6) is 0. The fourth-order valence-corrected chi connectivity index (χ4v) is 2.97. The lowest BCUT2D eigenvalue weighted by Gasteiger charge is -2.18. The van der Waals surface area contributed by atoms with Crippen LogP contribution in [0.5, 0.6) is 0 Å². The number of rotatable bonds is 7. The van der Waals surface area contributed by atoms with Crippen molar-refractivity contribution in [3.8, 4) is 0 Å². The molecule has 17 heavy (non-hydrogen) atoms. The Morgan fingerprint density at radius 1 is 1.29 bits per heavy atom. The lowest BCUT2D eigenvalue weighted by Crippen LogP contribution is -2.16. The van der Waals surface area contributed by atoms with Crippen molar-refractivity contribution >= 4 is 27.5 Å². The summed E-state index contributed by atoms with van der Waals surface area (Å²) in [6.07, 6.45) is 6.39. The first-order chi connectivity index (χ1) is 8.19. The molecule has 0 bridgehead atoms. The maximum Gasteiger partial charge on any atom is 0.0417 e. The summed E-state index contributed by atoms with van der Waals surface area (Å²) < 4.78 is 1.10. The van der Waals surface area contributed by atoms with Crippen molar-refractivity contribution < 1.29 is 0 Å². The molecule has 1 atom stereocenters. The summed E-state index contributed by atoms with van der Waals surface area (Å²) >= 11 is 9.55. The maximum atomic E-state index is 5.96. The molecule has 96 valence electrons. The van der Waals surface area contributed by atoms with Crippen molar-refractivity contribution in [3.63, 3.8) is 0 Å². The first-order valence-corrected chi connectivity index (χ1v) is 7.48. The number of hydrogen-bond donors (Lipinski definition) is 1. The van der Waals surface area contributed by atoms with Crippen LogP contribution in [0.4, 0.5) is 0 Å². The van der Waals surface area contributed by atoms with Gasteiger partial charge in [0.05, 0.1) is 0 Å². The van der Waals surface area contributed by atoms with Gasteiger partial charge in [-0.3, -0.25) is 0 Å². The quantitative estimate of drug-likeness (QED) is 0.670. The van der Waals surface area contributed by atoms with E-state index in [1.807, 2.05) is 19.2 Å². The first kappa shape index (κ1) is 15.0. The van der Waals surface area contributed by atoms with Gasteiger partial charge in [-0.2, -0.15) is 0 Å². The average Bonchev–Trinajstić information content (AvgIpc) is 2.31. The highest BCUT2D eigenvalue weighted by atomic mass is 79.9. The Kier molecular flexibility index (Phi) is 7.17. The van der Waals surface area contributed by atoms with Crippen LogP contribution < -0.4 is 5.32 Å². The van der Waals surface area contributed by atoms with Crippen molar-refractivity contribution in [1.82, 2.24) is 5.32 Å². The van der Waals surface area contributed by atoms with Gasteiger partial charge in [-0.05, 0) is 31.2 Å². The highest BCUT2D eigenvalue weighted by Gasteiger charge is 2.12. The van der Waals surface area contributed by atoms with Crippen LogP contribution >= 0.6 is 27.5 Å². The van der Waals surface area contributed by atoms with Crippen LogP contribution in [0.25, 0.3) is 0 Å². The molecular weight excluding hydrogens is 298 g/mol. The van der Waals surface area contributed by atoms with E-state index in [1.165, 1.54) is 37.7 Å². The molecule has 0 aliphatic rings. The van der Waals surface area contributed by atoms with Crippen LogP contribution in [0.1, 0.15) is 50.6 Å². The molecule has 0 saturated heterocycles. The molecule has 1 nitrogen and oxygen atoms in total. The molecule has 0 amide bonds. The molecule has 0 aliphatic carbocycles. The number of nitrogens with one attached hydrogen (secondary N) is 1. The minimum absolute atomic E-state index is 0.415. The lowest BCUT2D eigenvalue weighted by molar-refractivity contribution is 0.504. The first-order valence-electron chi connectivity index (χ1n) is 6.31. The van der Waals surface area contributed by atoms with Crippen LogP contribution in [-0.2, 0) is 0 Å². The van der Waals surface area contributed by atoms with Gasteiger partial charge < -0.3 is 5.32 Å². The summed E-state index contributed by atoms with van der Waals surface area (Å²) in [6, 6.07) is 6.44. The SMILES string of the molecule is CCCCCCC(NC)c1ccc(Cl)cc1Br. The zero-order chi connectivity index (χ0) is 12.7. The van der Waals surface area contributed by atoms with E-state index in [4.69, 9.17) is 11.6 Å². The third kappa shape index (κ3) is 4.99. The minimum Gasteiger partial charge on any atom is -0.313 e. The topological polar surface area (TPSA) is 12.0 Å². The lowest BCUT2D eigenvalue weighted by atomic mass is 10.0.